The third-order valence-electron chi connectivity index (χ3n) is 1.16. The maximum atomic E-state index is 10.6. The second-order valence-corrected chi connectivity index (χ2v) is 3.80. The van der Waals surface area contributed by atoms with Gasteiger partial charge in [0.05, 0.1) is 6.10 Å². The largest absolute Gasteiger partial charge is 0.462 e. The maximum absolute atomic E-state index is 10.6. The average molecular weight is 222 g/mol. The summed E-state index contributed by atoms with van der Waals surface area (Å²) in [6.45, 7) is 3.63. The van der Waals surface area contributed by atoms with Crippen LogP contribution in [0.4, 0.5) is 0 Å². The minimum atomic E-state index is -0.407. The summed E-state index contributed by atoms with van der Waals surface area (Å²) in [5, 5.41) is 9.09. The standard InChI is InChI=1S/C8H14O3S2/c1-2-8(10)11-3-4-13-6-7(9)5-12/h2,7,9,12H,1,3-6H2. The van der Waals surface area contributed by atoms with Gasteiger partial charge in [-0.25, -0.2) is 4.79 Å². The van der Waals surface area contributed by atoms with E-state index in [0.717, 1.165) is 6.08 Å². The van der Waals surface area contributed by atoms with E-state index in [0.29, 0.717) is 23.9 Å². The van der Waals surface area contributed by atoms with Gasteiger partial charge in [0.15, 0.2) is 0 Å². The predicted octanol–water partition coefficient (Wildman–Crippen LogP) is 0.739. The Morgan fingerprint density at radius 1 is 1.77 bits per heavy atom. The molecule has 3 nitrogen and oxygen atoms in total. The number of aliphatic hydroxyl groups is 1. The molecule has 1 N–H and O–H groups in total. The van der Waals surface area contributed by atoms with Crippen LogP contribution in [0.1, 0.15) is 0 Å². The van der Waals surface area contributed by atoms with Crippen molar-refractivity contribution in [3.05, 3.63) is 12.7 Å². The van der Waals surface area contributed by atoms with Crippen LogP contribution in [0, 0.1) is 0 Å². The molecule has 0 aliphatic carbocycles. The lowest BCUT2D eigenvalue weighted by Gasteiger charge is -2.06. The number of rotatable bonds is 7. The lowest BCUT2D eigenvalue weighted by molar-refractivity contribution is -0.137. The van der Waals surface area contributed by atoms with Crippen LogP contribution in [0.5, 0.6) is 0 Å². The molecule has 5 heteroatoms. The van der Waals surface area contributed by atoms with E-state index in [1.807, 2.05) is 0 Å². The Morgan fingerprint density at radius 3 is 3.00 bits per heavy atom. The molecule has 0 aromatic heterocycles. The number of carbonyl (C=O) groups excluding carboxylic acids is 1. The minimum Gasteiger partial charge on any atom is -0.462 e. The maximum Gasteiger partial charge on any atom is 0.330 e. The summed E-state index contributed by atoms with van der Waals surface area (Å²) >= 11 is 5.45. The van der Waals surface area contributed by atoms with Gasteiger partial charge >= 0.3 is 5.97 Å². The molecule has 0 aromatic carbocycles. The second kappa shape index (κ2) is 8.47. The van der Waals surface area contributed by atoms with Gasteiger partial charge < -0.3 is 9.84 Å². The number of carbonyl (C=O) groups is 1. The molecule has 1 atom stereocenters. The summed E-state index contributed by atoms with van der Waals surface area (Å²) in [5.74, 6) is 1.36. The molecular weight excluding hydrogens is 208 g/mol. The van der Waals surface area contributed by atoms with Gasteiger partial charge in [0.25, 0.3) is 0 Å². The van der Waals surface area contributed by atoms with Gasteiger partial charge in [-0.2, -0.15) is 24.4 Å². The summed E-state index contributed by atoms with van der Waals surface area (Å²) < 4.78 is 4.73. The van der Waals surface area contributed by atoms with Gasteiger partial charge in [-0.1, -0.05) is 6.58 Å². The minimum absolute atomic E-state index is 0.356. The molecule has 0 heterocycles. The van der Waals surface area contributed by atoms with Crippen LogP contribution in [0.2, 0.25) is 0 Å². The van der Waals surface area contributed by atoms with Crippen LogP contribution < -0.4 is 0 Å². The molecule has 0 aliphatic heterocycles. The number of thiol groups is 1. The van der Waals surface area contributed by atoms with E-state index in [9.17, 15) is 4.79 Å². The molecule has 0 amide bonds. The van der Waals surface area contributed by atoms with E-state index < -0.39 is 5.97 Å². The zero-order chi connectivity index (χ0) is 10.1. The van der Waals surface area contributed by atoms with E-state index in [2.05, 4.69) is 19.2 Å². The van der Waals surface area contributed by atoms with Crippen molar-refractivity contribution in [1.29, 1.82) is 0 Å². The summed E-state index contributed by atoms with van der Waals surface area (Å²) in [7, 11) is 0. The smallest absolute Gasteiger partial charge is 0.330 e. The highest BCUT2D eigenvalue weighted by Crippen LogP contribution is 2.03. The fourth-order valence-electron chi connectivity index (χ4n) is 0.532. The molecule has 0 saturated heterocycles. The van der Waals surface area contributed by atoms with Crippen LogP contribution in [-0.2, 0) is 9.53 Å². The first-order valence-corrected chi connectivity index (χ1v) is 5.65. The van der Waals surface area contributed by atoms with E-state index in [4.69, 9.17) is 9.84 Å². The average Bonchev–Trinajstić information content (AvgIpc) is 2.16. The van der Waals surface area contributed by atoms with Crippen molar-refractivity contribution in [1.82, 2.24) is 0 Å². The number of thioether (sulfide) groups is 1. The van der Waals surface area contributed by atoms with Crippen LogP contribution in [0.15, 0.2) is 12.7 Å². The molecule has 0 fully saturated rings. The lowest BCUT2D eigenvalue weighted by Crippen LogP contribution is -2.13. The Hall–Kier alpha value is -0.130. The number of esters is 1. The molecule has 0 bridgehead atoms. The quantitative estimate of drug-likeness (QED) is 0.289. The molecular formula is C8H14O3S2. The highest BCUT2D eigenvalue weighted by Gasteiger charge is 2.01. The van der Waals surface area contributed by atoms with Crippen molar-refractivity contribution < 1.29 is 14.6 Å². The fourth-order valence-corrected chi connectivity index (χ4v) is 1.59. The van der Waals surface area contributed by atoms with Gasteiger partial charge in [-0.3, -0.25) is 0 Å². The molecule has 0 rings (SSSR count). The number of aliphatic hydroxyl groups excluding tert-OH is 1. The molecule has 13 heavy (non-hydrogen) atoms. The van der Waals surface area contributed by atoms with Crippen LogP contribution >= 0.6 is 24.4 Å². The van der Waals surface area contributed by atoms with Crippen LogP contribution in [-0.4, -0.2) is 41.0 Å². The molecule has 0 saturated carbocycles. The van der Waals surface area contributed by atoms with Crippen molar-refractivity contribution in [3.8, 4) is 0 Å². The van der Waals surface area contributed by atoms with Crippen molar-refractivity contribution in [2.45, 2.75) is 6.10 Å². The lowest BCUT2D eigenvalue weighted by atomic mass is 10.5. The number of hydrogen-bond acceptors (Lipinski definition) is 5. The van der Waals surface area contributed by atoms with Crippen LogP contribution in [0.3, 0.4) is 0 Å². The molecule has 0 aliphatic rings. The van der Waals surface area contributed by atoms with Crippen molar-refractivity contribution in [2.24, 2.45) is 0 Å². The number of hydrogen-bond donors (Lipinski definition) is 2. The number of ether oxygens (including phenoxy) is 1. The Morgan fingerprint density at radius 2 is 2.46 bits per heavy atom. The topological polar surface area (TPSA) is 46.5 Å². The normalized spacial score (nSPS) is 12.2. The van der Waals surface area contributed by atoms with E-state index in [-0.39, 0.29) is 6.10 Å². The molecule has 76 valence electrons. The first-order chi connectivity index (χ1) is 6.20. The predicted molar refractivity (Wildman–Crippen MR) is 58.3 cm³/mol. The van der Waals surface area contributed by atoms with E-state index >= 15 is 0 Å². The van der Waals surface area contributed by atoms with Gasteiger partial charge in [-0.05, 0) is 0 Å². The Kier molecular flexibility index (Phi) is 8.38. The molecule has 0 aromatic rings. The summed E-state index contributed by atoms with van der Waals surface area (Å²) in [4.78, 5) is 10.6. The Balaban J connectivity index is 3.17. The molecule has 0 radical (unpaired) electrons. The zero-order valence-electron chi connectivity index (χ0n) is 7.31. The first kappa shape index (κ1) is 12.9. The van der Waals surface area contributed by atoms with Gasteiger partial charge in [0.2, 0.25) is 0 Å². The molecule has 0 spiro atoms. The Bertz CT molecular complexity index is 161. The zero-order valence-corrected chi connectivity index (χ0v) is 9.02. The summed E-state index contributed by atoms with van der Waals surface area (Å²) in [5.41, 5.74) is 0. The third kappa shape index (κ3) is 8.21. The van der Waals surface area contributed by atoms with E-state index in [1.54, 1.807) is 0 Å². The van der Waals surface area contributed by atoms with Crippen LogP contribution in [0.25, 0.3) is 0 Å². The monoisotopic (exact) mass is 222 g/mol. The Labute approximate surface area is 88.0 Å². The van der Waals surface area contributed by atoms with Gasteiger partial charge in [-0.15, -0.1) is 0 Å². The highest BCUT2D eigenvalue weighted by atomic mass is 32.2. The second-order valence-electron chi connectivity index (χ2n) is 2.28. The third-order valence-corrected chi connectivity index (χ3v) is 2.66. The fraction of sp³-hybridized carbons (Fsp3) is 0.625. The first-order valence-electron chi connectivity index (χ1n) is 3.86. The SMILES string of the molecule is C=CC(=O)OCCSCC(O)CS. The van der Waals surface area contributed by atoms with Gasteiger partial charge in [0.1, 0.15) is 6.61 Å². The van der Waals surface area contributed by atoms with Crippen molar-refractivity contribution in [3.63, 3.8) is 0 Å². The molecule has 1 unspecified atom stereocenters. The summed E-state index contributed by atoms with van der Waals surface area (Å²) in [6.07, 6.45) is 0.746. The highest BCUT2D eigenvalue weighted by molar-refractivity contribution is 7.99. The van der Waals surface area contributed by atoms with Crippen molar-refractivity contribution >= 4 is 30.4 Å². The summed E-state index contributed by atoms with van der Waals surface area (Å²) in [6, 6.07) is 0. The van der Waals surface area contributed by atoms with E-state index in [1.165, 1.54) is 11.8 Å². The van der Waals surface area contributed by atoms with Crippen molar-refractivity contribution in [2.75, 3.05) is 23.9 Å². The van der Waals surface area contributed by atoms with Gasteiger partial charge in [0, 0.05) is 23.3 Å².